The van der Waals surface area contributed by atoms with E-state index in [2.05, 4.69) is 5.32 Å². The second-order valence-electron chi connectivity index (χ2n) is 4.99. The molecule has 0 atom stereocenters. The zero-order valence-electron chi connectivity index (χ0n) is 12.1. The number of rotatable bonds is 4. The topological polar surface area (TPSA) is 69.6 Å². The lowest BCUT2D eigenvalue weighted by atomic mass is 9.80. The molecule has 0 aliphatic rings. The minimum Gasteiger partial charge on any atom is -0.423 e. The molecule has 1 amide bonds. The van der Waals surface area contributed by atoms with Crippen LogP contribution in [-0.2, 0) is 12.7 Å². The summed E-state index contributed by atoms with van der Waals surface area (Å²) in [6.45, 7) is 0.0488. The summed E-state index contributed by atoms with van der Waals surface area (Å²) in [6.07, 6.45) is -4.57. The van der Waals surface area contributed by atoms with Crippen LogP contribution in [0.3, 0.4) is 0 Å². The summed E-state index contributed by atoms with van der Waals surface area (Å²) in [5, 5.41) is 20.3. The molecule has 2 aromatic carbocycles. The highest BCUT2D eigenvalue weighted by atomic mass is 35.5. The van der Waals surface area contributed by atoms with Crippen LogP contribution in [0.25, 0.3) is 0 Å². The molecule has 0 aliphatic carbocycles. The van der Waals surface area contributed by atoms with Gasteiger partial charge in [0.15, 0.2) is 0 Å². The molecular weight excluding hydrogens is 345 g/mol. The SMILES string of the molecule is O=C(NCc1ccc(B(O)O)cc1)c1cc(C(F)(F)F)ccc1Cl. The van der Waals surface area contributed by atoms with Crippen molar-refractivity contribution >= 4 is 30.1 Å². The van der Waals surface area contributed by atoms with E-state index >= 15 is 0 Å². The third-order valence-electron chi connectivity index (χ3n) is 3.27. The number of hydrogen-bond acceptors (Lipinski definition) is 3. The van der Waals surface area contributed by atoms with Crippen LogP contribution in [0.1, 0.15) is 21.5 Å². The molecule has 2 rings (SSSR count). The number of halogens is 4. The summed E-state index contributed by atoms with van der Waals surface area (Å²) in [5.41, 5.74) is -0.311. The number of alkyl halides is 3. The number of carbonyl (C=O) groups is 1. The van der Waals surface area contributed by atoms with Crippen LogP contribution in [0, 0.1) is 0 Å². The van der Waals surface area contributed by atoms with Crippen LogP contribution < -0.4 is 10.8 Å². The first-order valence-corrected chi connectivity index (χ1v) is 7.16. The molecule has 9 heteroatoms. The van der Waals surface area contributed by atoms with Gasteiger partial charge in [-0.3, -0.25) is 4.79 Å². The Kier molecular flexibility index (Phi) is 5.53. The van der Waals surface area contributed by atoms with Crippen LogP contribution in [0.2, 0.25) is 5.02 Å². The minimum absolute atomic E-state index is 0.0488. The van der Waals surface area contributed by atoms with Gasteiger partial charge in [-0.05, 0) is 29.2 Å². The zero-order chi connectivity index (χ0) is 17.9. The van der Waals surface area contributed by atoms with Crippen LogP contribution >= 0.6 is 11.6 Å². The molecule has 0 bridgehead atoms. The largest absolute Gasteiger partial charge is 0.488 e. The Labute approximate surface area is 141 Å². The van der Waals surface area contributed by atoms with Gasteiger partial charge in [0.25, 0.3) is 5.91 Å². The van der Waals surface area contributed by atoms with Crippen LogP contribution in [0.4, 0.5) is 13.2 Å². The molecule has 4 nitrogen and oxygen atoms in total. The fourth-order valence-electron chi connectivity index (χ4n) is 1.96. The summed E-state index contributed by atoms with van der Waals surface area (Å²) in [4.78, 5) is 12.1. The first kappa shape index (κ1) is 18.3. The average molecular weight is 358 g/mol. The van der Waals surface area contributed by atoms with E-state index in [1.54, 1.807) is 12.1 Å². The Morgan fingerprint density at radius 3 is 2.29 bits per heavy atom. The third kappa shape index (κ3) is 4.50. The van der Waals surface area contributed by atoms with E-state index in [9.17, 15) is 18.0 Å². The van der Waals surface area contributed by atoms with Crippen LogP contribution in [0.15, 0.2) is 42.5 Å². The maximum atomic E-state index is 12.7. The van der Waals surface area contributed by atoms with Gasteiger partial charge in [0.1, 0.15) is 0 Å². The fraction of sp³-hybridized carbons (Fsp3) is 0.133. The Hall–Kier alpha value is -2.03. The molecule has 0 saturated heterocycles. The average Bonchev–Trinajstić information content (AvgIpc) is 2.52. The summed E-state index contributed by atoms with van der Waals surface area (Å²) in [7, 11) is -1.60. The maximum Gasteiger partial charge on any atom is 0.488 e. The van der Waals surface area contributed by atoms with Gasteiger partial charge in [0, 0.05) is 6.54 Å². The highest BCUT2D eigenvalue weighted by Crippen LogP contribution is 2.31. The van der Waals surface area contributed by atoms with Gasteiger partial charge in [-0.15, -0.1) is 0 Å². The highest BCUT2D eigenvalue weighted by molar-refractivity contribution is 6.58. The summed E-state index contributed by atoms with van der Waals surface area (Å²) < 4.78 is 38.1. The first-order valence-electron chi connectivity index (χ1n) is 6.78. The molecule has 0 radical (unpaired) electrons. The van der Waals surface area contributed by atoms with E-state index in [1.165, 1.54) is 12.1 Å². The normalized spacial score (nSPS) is 11.2. The molecule has 0 fully saturated rings. The summed E-state index contributed by atoms with van der Waals surface area (Å²) in [6, 6.07) is 8.57. The zero-order valence-corrected chi connectivity index (χ0v) is 12.9. The van der Waals surface area contributed by atoms with Gasteiger partial charge in [-0.2, -0.15) is 13.2 Å². The van der Waals surface area contributed by atoms with Crippen molar-refractivity contribution in [3.05, 3.63) is 64.2 Å². The van der Waals surface area contributed by atoms with E-state index in [0.717, 1.165) is 12.1 Å². The number of carbonyl (C=O) groups excluding carboxylic acids is 1. The Bertz CT molecular complexity index is 736. The van der Waals surface area contributed by atoms with E-state index in [0.29, 0.717) is 11.6 Å². The molecule has 0 saturated carbocycles. The second-order valence-corrected chi connectivity index (χ2v) is 5.40. The number of hydrogen-bond donors (Lipinski definition) is 3. The van der Waals surface area contributed by atoms with Gasteiger partial charge < -0.3 is 15.4 Å². The van der Waals surface area contributed by atoms with Crippen LogP contribution in [0.5, 0.6) is 0 Å². The van der Waals surface area contributed by atoms with Gasteiger partial charge in [-0.25, -0.2) is 0 Å². The monoisotopic (exact) mass is 357 g/mol. The quantitative estimate of drug-likeness (QED) is 0.733. The van der Waals surface area contributed by atoms with E-state index < -0.39 is 24.8 Å². The summed E-state index contributed by atoms with van der Waals surface area (Å²) >= 11 is 5.79. The van der Waals surface area contributed by atoms with Crippen molar-refractivity contribution < 1.29 is 28.0 Å². The molecular formula is C15H12BClF3NO3. The maximum absolute atomic E-state index is 12.7. The Balaban J connectivity index is 2.10. The first-order chi connectivity index (χ1) is 11.2. The van der Waals surface area contributed by atoms with Crippen molar-refractivity contribution in [1.82, 2.24) is 5.32 Å². The molecule has 0 aliphatic heterocycles. The van der Waals surface area contributed by atoms with Crippen molar-refractivity contribution in [1.29, 1.82) is 0 Å². The van der Waals surface area contributed by atoms with Crippen molar-refractivity contribution in [2.24, 2.45) is 0 Å². The van der Waals surface area contributed by atoms with Gasteiger partial charge in [-0.1, -0.05) is 35.9 Å². The van der Waals surface area contributed by atoms with E-state index in [-0.39, 0.29) is 22.6 Å². The van der Waals surface area contributed by atoms with Gasteiger partial charge >= 0.3 is 13.3 Å². The standard InChI is InChI=1S/C15H12BClF3NO3/c17-13-6-3-10(15(18,19)20)7-12(13)14(22)21-8-9-1-4-11(5-2-9)16(23)24/h1-7,23-24H,8H2,(H,21,22). The second kappa shape index (κ2) is 7.25. The number of amides is 1. The predicted octanol–water partition coefficient (Wildman–Crippen LogP) is 1.97. The van der Waals surface area contributed by atoms with Crippen molar-refractivity contribution in [2.45, 2.75) is 12.7 Å². The molecule has 0 heterocycles. The van der Waals surface area contributed by atoms with Gasteiger partial charge in [0.05, 0.1) is 16.1 Å². The lowest BCUT2D eigenvalue weighted by molar-refractivity contribution is -0.137. The molecule has 126 valence electrons. The molecule has 0 unspecified atom stereocenters. The highest BCUT2D eigenvalue weighted by Gasteiger charge is 2.31. The fourth-order valence-corrected chi connectivity index (χ4v) is 2.16. The van der Waals surface area contributed by atoms with Crippen molar-refractivity contribution in [3.8, 4) is 0 Å². The molecule has 0 spiro atoms. The van der Waals surface area contributed by atoms with Crippen molar-refractivity contribution in [2.75, 3.05) is 0 Å². The van der Waals surface area contributed by atoms with Crippen molar-refractivity contribution in [3.63, 3.8) is 0 Å². The molecule has 3 N–H and O–H groups in total. The molecule has 0 aromatic heterocycles. The molecule has 2 aromatic rings. The Morgan fingerprint density at radius 1 is 1.12 bits per heavy atom. The Morgan fingerprint density at radius 2 is 1.75 bits per heavy atom. The van der Waals surface area contributed by atoms with E-state index in [4.69, 9.17) is 21.6 Å². The van der Waals surface area contributed by atoms with Crippen LogP contribution in [-0.4, -0.2) is 23.1 Å². The summed E-state index contributed by atoms with van der Waals surface area (Å²) in [5.74, 6) is -0.739. The third-order valence-corrected chi connectivity index (χ3v) is 3.60. The number of benzene rings is 2. The smallest absolute Gasteiger partial charge is 0.423 e. The lowest BCUT2D eigenvalue weighted by Crippen LogP contribution is -2.30. The number of nitrogens with one attached hydrogen (secondary N) is 1. The predicted molar refractivity (Wildman–Crippen MR) is 83.9 cm³/mol. The van der Waals surface area contributed by atoms with E-state index in [1.807, 2.05) is 0 Å². The molecule has 24 heavy (non-hydrogen) atoms. The minimum atomic E-state index is -4.57. The lowest BCUT2D eigenvalue weighted by Gasteiger charge is -2.11. The van der Waals surface area contributed by atoms with Gasteiger partial charge in [0.2, 0.25) is 0 Å².